The van der Waals surface area contributed by atoms with E-state index in [0.717, 1.165) is 37.9 Å². The van der Waals surface area contributed by atoms with Crippen LogP contribution in [0.2, 0.25) is 0 Å². The molecule has 8 heteroatoms. The number of ether oxygens (including phenoxy) is 2. The number of nitrogens with zero attached hydrogens (tertiary/aromatic N) is 3. The van der Waals surface area contributed by atoms with Crippen molar-refractivity contribution in [1.82, 2.24) is 14.7 Å². The Bertz CT molecular complexity index is 637. The van der Waals surface area contributed by atoms with Crippen LogP contribution in [-0.4, -0.2) is 97.0 Å². The summed E-state index contributed by atoms with van der Waals surface area (Å²) >= 11 is 0. The highest BCUT2D eigenvalue weighted by Gasteiger charge is 2.43. The standard InChI is InChI=1S/C20H30FN3O4/c1-2-14-5-6-23(19(14)25)12-16-13-24(20(26)28-16)15-3-4-18(17(21)11-15)22-7-9-27-10-8-22/h2,15-18H,3-13H2,1H3/b14-2-/t15?,16-,17?,18?/m0/s1. The zero-order valence-corrected chi connectivity index (χ0v) is 16.5. The molecule has 4 fully saturated rings. The number of carbonyl (C=O) groups is 2. The van der Waals surface area contributed by atoms with Crippen molar-refractivity contribution in [3.63, 3.8) is 0 Å². The van der Waals surface area contributed by atoms with Crippen molar-refractivity contribution in [2.75, 3.05) is 45.9 Å². The number of alkyl halides is 1. The number of amides is 2. The SMILES string of the molecule is C/C=C1/CCN(C[C@H]2CN(C3CCC(N4CCOCC4)C(F)C3)C(=O)O2)C1=O. The molecule has 156 valence electrons. The lowest BCUT2D eigenvalue weighted by molar-refractivity contribution is -0.125. The number of rotatable bonds is 4. The van der Waals surface area contributed by atoms with Gasteiger partial charge in [-0.15, -0.1) is 0 Å². The number of halogens is 1. The molecule has 3 aliphatic heterocycles. The molecule has 4 rings (SSSR count). The fraction of sp³-hybridized carbons (Fsp3) is 0.800. The van der Waals surface area contributed by atoms with Gasteiger partial charge in [-0.25, -0.2) is 9.18 Å². The summed E-state index contributed by atoms with van der Waals surface area (Å²) in [6.07, 6.45) is 2.84. The number of allylic oxidation sites excluding steroid dienone is 1. The monoisotopic (exact) mass is 395 g/mol. The summed E-state index contributed by atoms with van der Waals surface area (Å²) in [5.74, 6) is 0.0341. The molecule has 28 heavy (non-hydrogen) atoms. The van der Waals surface area contributed by atoms with Crippen LogP contribution in [0.25, 0.3) is 0 Å². The maximum absolute atomic E-state index is 14.9. The number of hydrogen-bond donors (Lipinski definition) is 0. The number of hydrogen-bond acceptors (Lipinski definition) is 5. The van der Waals surface area contributed by atoms with Crippen LogP contribution >= 0.6 is 0 Å². The normalized spacial score (nSPS) is 36.4. The summed E-state index contributed by atoms with van der Waals surface area (Å²) in [6, 6.07) is -0.193. The molecule has 0 aromatic carbocycles. The van der Waals surface area contributed by atoms with Crippen LogP contribution in [0.4, 0.5) is 9.18 Å². The van der Waals surface area contributed by atoms with Gasteiger partial charge < -0.3 is 19.3 Å². The van der Waals surface area contributed by atoms with Gasteiger partial charge in [-0.2, -0.15) is 0 Å². The van der Waals surface area contributed by atoms with Gasteiger partial charge in [0.25, 0.3) is 0 Å². The third-order valence-electron chi connectivity index (χ3n) is 6.55. The fourth-order valence-electron chi connectivity index (χ4n) is 4.97. The van der Waals surface area contributed by atoms with Crippen molar-refractivity contribution in [2.24, 2.45) is 0 Å². The molecule has 1 saturated carbocycles. The Morgan fingerprint density at radius 3 is 2.64 bits per heavy atom. The Balaban J connectivity index is 1.30. The average molecular weight is 395 g/mol. The highest BCUT2D eigenvalue weighted by molar-refractivity contribution is 5.95. The molecule has 1 aliphatic carbocycles. The van der Waals surface area contributed by atoms with Crippen LogP contribution in [0.3, 0.4) is 0 Å². The first-order valence-electron chi connectivity index (χ1n) is 10.4. The van der Waals surface area contributed by atoms with Gasteiger partial charge in [0.15, 0.2) is 0 Å². The average Bonchev–Trinajstić information content (AvgIpc) is 3.25. The van der Waals surface area contributed by atoms with Gasteiger partial charge in [0, 0.05) is 43.7 Å². The van der Waals surface area contributed by atoms with Gasteiger partial charge in [0.1, 0.15) is 12.3 Å². The molecule has 2 amide bonds. The second-order valence-electron chi connectivity index (χ2n) is 8.17. The summed E-state index contributed by atoms with van der Waals surface area (Å²) < 4.78 is 25.8. The van der Waals surface area contributed by atoms with Gasteiger partial charge >= 0.3 is 6.09 Å². The Morgan fingerprint density at radius 1 is 1.18 bits per heavy atom. The summed E-state index contributed by atoms with van der Waals surface area (Å²) in [5, 5.41) is 0. The van der Waals surface area contributed by atoms with E-state index in [9.17, 15) is 14.0 Å². The molecule has 7 nitrogen and oxygen atoms in total. The maximum atomic E-state index is 14.9. The Hall–Kier alpha value is -1.67. The first-order valence-corrected chi connectivity index (χ1v) is 10.4. The lowest BCUT2D eigenvalue weighted by Gasteiger charge is -2.42. The minimum Gasteiger partial charge on any atom is -0.442 e. The number of likely N-dealkylation sites (tertiary alicyclic amines) is 1. The van der Waals surface area contributed by atoms with Gasteiger partial charge in [-0.1, -0.05) is 6.08 Å². The second kappa shape index (κ2) is 8.37. The fourth-order valence-corrected chi connectivity index (χ4v) is 4.97. The Labute approximate surface area is 165 Å². The smallest absolute Gasteiger partial charge is 0.410 e. The predicted molar refractivity (Wildman–Crippen MR) is 101 cm³/mol. The summed E-state index contributed by atoms with van der Waals surface area (Å²) in [6.45, 7) is 6.28. The van der Waals surface area contributed by atoms with E-state index in [1.807, 2.05) is 13.0 Å². The van der Waals surface area contributed by atoms with Crippen molar-refractivity contribution >= 4 is 12.0 Å². The molecular formula is C20H30FN3O4. The Kier molecular flexibility index (Phi) is 5.87. The molecule has 3 unspecified atom stereocenters. The molecule has 4 atom stereocenters. The molecular weight excluding hydrogens is 365 g/mol. The molecule has 3 heterocycles. The topological polar surface area (TPSA) is 62.3 Å². The third kappa shape index (κ3) is 3.89. The lowest BCUT2D eigenvalue weighted by Crippen LogP contribution is -2.53. The van der Waals surface area contributed by atoms with Crippen LogP contribution in [0.15, 0.2) is 11.6 Å². The highest BCUT2D eigenvalue weighted by Crippen LogP contribution is 2.32. The Morgan fingerprint density at radius 2 is 1.96 bits per heavy atom. The van der Waals surface area contributed by atoms with Gasteiger partial charge in [0.05, 0.1) is 26.3 Å². The van der Waals surface area contributed by atoms with E-state index in [4.69, 9.17) is 9.47 Å². The summed E-state index contributed by atoms with van der Waals surface area (Å²) in [7, 11) is 0. The zero-order chi connectivity index (χ0) is 19.7. The van der Waals surface area contributed by atoms with Gasteiger partial charge in [-0.3, -0.25) is 9.69 Å². The maximum Gasteiger partial charge on any atom is 0.410 e. The molecule has 4 aliphatic rings. The molecule has 0 bridgehead atoms. The number of cyclic esters (lactones) is 1. The third-order valence-corrected chi connectivity index (χ3v) is 6.55. The molecule has 0 spiro atoms. The first kappa shape index (κ1) is 19.6. The summed E-state index contributed by atoms with van der Waals surface area (Å²) in [5.41, 5.74) is 0.822. The van der Waals surface area contributed by atoms with Crippen molar-refractivity contribution in [3.05, 3.63) is 11.6 Å². The highest BCUT2D eigenvalue weighted by atomic mass is 19.1. The minimum absolute atomic E-state index is 0.0341. The van der Waals surface area contributed by atoms with Gasteiger partial charge in [-0.05, 0) is 26.2 Å². The largest absolute Gasteiger partial charge is 0.442 e. The van der Waals surface area contributed by atoms with E-state index in [1.54, 1.807) is 9.80 Å². The molecule has 3 saturated heterocycles. The van der Waals surface area contributed by atoms with E-state index in [0.29, 0.717) is 39.3 Å². The molecule has 0 radical (unpaired) electrons. The molecule has 0 aromatic rings. The second-order valence-corrected chi connectivity index (χ2v) is 8.17. The molecule has 0 N–H and O–H groups in total. The van der Waals surface area contributed by atoms with Crippen molar-refractivity contribution in [2.45, 2.75) is 57.0 Å². The van der Waals surface area contributed by atoms with E-state index < -0.39 is 6.17 Å². The number of morpholine rings is 1. The summed E-state index contributed by atoms with van der Waals surface area (Å²) in [4.78, 5) is 30.3. The van der Waals surface area contributed by atoms with Crippen molar-refractivity contribution in [3.8, 4) is 0 Å². The van der Waals surface area contributed by atoms with Gasteiger partial charge in [0.2, 0.25) is 5.91 Å². The van der Waals surface area contributed by atoms with E-state index in [2.05, 4.69) is 4.90 Å². The van der Waals surface area contributed by atoms with Crippen LogP contribution in [0, 0.1) is 0 Å². The van der Waals surface area contributed by atoms with Crippen LogP contribution in [0.5, 0.6) is 0 Å². The lowest BCUT2D eigenvalue weighted by atomic mass is 9.87. The van der Waals surface area contributed by atoms with Crippen molar-refractivity contribution in [1.29, 1.82) is 0 Å². The quantitative estimate of drug-likeness (QED) is 0.677. The first-order chi connectivity index (χ1) is 13.6. The van der Waals surface area contributed by atoms with Crippen molar-refractivity contribution < 1.29 is 23.5 Å². The van der Waals surface area contributed by atoms with E-state index >= 15 is 0 Å². The molecule has 0 aromatic heterocycles. The van der Waals surface area contributed by atoms with Crippen LogP contribution < -0.4 is 0 Å². The van der Waals surface area contributed by atoms with E-state index in [-0.39, 0.29) is 30.2 Å². The number of carbonyl (C=O) groups excluding carboxylic acids is 2. The van der Waals surface area contributed by atoms with Crippen LogP contribution in [-0.2, 0) is 14.3 Å². The minimum atomic E-state index is -0.943. The van der Waals surface area contributed by atoms with Crippen LogP contribution in [0.1, 0.15) is 32.6 Å². The van der Waals surface area contributed by atoms with E-state index in [1.165, 1.54) is 0 Å². The predicted octanol–water partition coefficient (Wildman–Crippen LogP) is 1.58. The zero-order valence-electron chi connectivity index (χ0n) is 16.5.